The van der Waals surface area contributed by atoms with Crippen LogP contribution in [0.4, 0.5) is 5.69 Å². The smallest absolute Gasteiger partial charge is 0.316 e. The van der Waals surface area contributed by atoms with Gasteiger partial charge in [-0.25, -0.2) is 0 Å². The van der Waals surface area contributed by atoms with E-state index < -0.39 is 16.4 Å². The molecule has 1 rings (SSSR count). The summed E-state index contributed by atoms with van der Waals surface area (Å²) < 4.78 is 25.5. The lowest BCUT2D eigenvalue weighted by atomic mass is 9.96. The Hall–Kier alpha value is -1.80. The number of amides is 1. The number of hydrogen-bond donors (Lipinski definition) is 1. The van der Waals surface area contributed by atoms with Gasteiger partial charge in [0, 0.05) is 13.1 Å². The maximum absolute atomic E-state index is 13.3. The van der Waals surface area contributed by atoms with E-state index in [0.717, 1.165) is 31.2 Å². The van der Waals surface area contributed by atoms with Crippen molar-refractivity contribution in [3.05, 3.63) is 29.3 Å². The number of benzene rings is 1. The zero-order valence-corrected chi connectivity index (χ0v) is 18.3. The van der Waals surface area contributed by atoms with Crippen molar-refractivity contribution in [1.82, 2.24) is 10.2 Å². The zero-order chi connectivity index (χ0) is 20.6. The van der Waals surface area contributed by atoms with Crippen LogP contribution in [0.1, 0.15) is 63.5 Å². The molecule has 0 heterocycles. The van der Waals surface area contributed by atoms with Gasteiger partial charge in [0.25, 0.3) is 0 Å². The molecule has 0 aliphatic heterocycles. The predicted molar refractivity (Wildman–Crippen MR) is 113 cm³/mol. The minimum atomic E-state index is -2.54. The number of carbonyl (C=O) groups excluding carboxylic acids is 1. The molecule has 150 valence electrons. The molecule has 8 heteroatoms. The third-order valence-electron chi connectivity index (χ3n) is 4.67. The second-order valence-corrected chi connectivity index (χ2v) is 7.55. The van der Waals surface area contributed by atoms with Crippen LogP contribution in [-0.2, 0) is 15.3 Å². The first kappa shape index (κ1) is 23.2. The number of carbonyl (C=O) groups is 1. The summed E-state index contributed by atoms with van der Waals surface area (Å²) in [5.74, 6) is -0.572. The van der Waals surface area contributed by atoms with Gasteiger partial charge in [0.2, 0.25) is 5.91 Å². The minimum absolute atomic E-state index is 0.0311. The SMILES string of the molecule is CCCCC(CC)N(C(=O)C(C)c1ccc(C)c(N=S(=O)=O)c1)C(=S)NC. The summed E-state index contributed by atoms with van der Waals surface area (Å²) in [6.45, 7) is 7.76. The maximum Gasteiger partial charge on any atom is 0.316 e. The van der Waals surface area contributed by atoms with Gasteiger partial charge in [-0.05, 0) is 56.1 Å². The van der Waals surface area contributed by atoms with E-state index in [9.17, 15) is 13.2 Å². The Morgan fingerprint density at radius 3 is 2.52 bits per heavy atom. The highest BCUT2D eigenvalue weighted by atomic mass is 32.2. The first-order chi connectivity index (χ1) is 12.8. The van der Waals surface area contributed by atoms with Gasteiger partial charge in [0.05, 0.1) is 11.6 Å². The Kier molecular flexibility index (Phi) is 9.59. The molecular weight excluding hydrogens is 382 g/mol. The molecule has 0 bridgehead atoms. The van der Waals surface area contributed by atoms with Crippen molar-refractivity contribution in [3.8, 4) is 0 Å². The van der Waals surface area contributed by atoms with Gasteiger partial charge in [-0.15, -0.1) is 4.36 Å². The quantitative estimate of drug-likeness (QED) is 0.652. The number of rotatable bonds is 8. The van der Waals surface area contributed by atoms with Crippen LogP contribution in [0.25, 0.3) is 0 Å². The lowest BCUT2D eigenvalue weighted by molar-refractivity contribution is -0.130. The molecule has 2 atom stereocenters. The summed E-state index contributed by atoms with van der Waals surface area (Å²) in [7, 11) is -0.826. The van der Waals surface area contributed by atoms with Gasteiger partial charge in [-0.2, -0.15) is 8.42 Å². The van der Waals surface area contributed by atoms with Crippen LogP contribution in [0.3, 0.4) is 0 Å². The van der Waals surface area contributed by atoms with Crippen LogP contribution < -0.4 is 5.32 Å². The number of nitrogens with one attached hydrogen (secondary N) is 1. The van der Waals surface area contributed by atoms with E-state index in [1.54, 1.807) is 31.0 Å². The number of unbranched alkanes of at least 4 members (excludes halogenated alkanes) is 1. The van der Waals surface area contributed by atoms with Crippen molar-refractivity contribution in [2.75, 3.05) is 7.05 Å². The van der Waals surface area contributed by atoms with Crippen LogP contribution in [0.15, 0.2) is 22.6 Å². The molecule has 0 fully saturated rings. The zero-order valence-electron chi connectivity index (χ0n) is 16.7. The number of thiocarbonyl (C=S) groups is 1. The van der Waals surface area contributed by atoms with Crippen molar-refractivity contribution >= 4 is 39.4 Å². The summed E-state index contributed by atoms with van der Waals surface area (Å²) in [4.78, 5) is 15.0. The van der Waals surface area contributed by atoms with Gasteiger partial charge in [-0.3, -0.25) is 9.69 Å². The Labute approximate surface area is 169 Å². The predicted octanol–water partition coefficient (Wildman–Crippen LogP) is 4.09. The summed E-state index contributed by atoms with van der Waals surface area (Å²) >= 11 is 5.41. The van der Waals surface area contributed by atoms with E-state index >= 15 is 0 Å². The first-order valence-electron chi connectivity index (χ1n) is 9.23. The number of aryl methyl sites for hydroxylation is 1. The van der Waals surface area contributed by atoms with Crippen molar-refractivity contribution < 1.29 is 13.2 Å². The van der Waals surface area contributed by atoms with Gasteiger partial charge in [0.1, 0.15) is 0 Å². The van der Waals surface area contributed by atoms with Crippen molar-refractivity contribution in [2.24, 2.45) is 4.36 Å². The molecule has 1 amide bonds. The topological polar surface area (TPSA) is 78.8 Å². The summed E-state index contributed by atoms with van der Waals surface area (Å²) in [5.41, 5.74) is 1.80. The second-order valence-electron chi connectivity index (χ2n) is 6.54. The van der Waals surface area contributed by atoms with E-state index in [2.05, 4.69) is 23.5 Å². The third kappa shape index (κ3) is 6.39. The molecule has 0 aromatic heterocycles. The molecule has 0 radical (unpaired) electrons. The number of nitrogens with zero attached hydrogens (tertiary/aromatic N) is 2. The van der Waals surface area contributed by atoms with E-state index in [-0.39, 0.29) is 11.9 Å². The minimum Gasteiger partial charge on any atom is -0.365 e. The maximum atomic E-state index is 13.3. The van der Waals surface area contributed by atoms with Gasteiger partial charge >= 0.3 is 10.5 Å². The molecular formula is C19H29N3O3S2. The number of hydrogen-bond acceptors (Lipinski definition) is 5. The average Bonchev–Trinajstić information content (AvgIpc) is 2.64. The van der Waals surface area contributed by atoms with E-state index in [1.807, 2.05) is 13.0 Å². The van der Waals surface area contributed by atoms with Gasteiger partial charge < -0.3 is 5.32 Å². The fourth-order valence-corrected chi connectivity index (χ4v) is 3.54. The standard InChI is InChI=1S/C19H29N3O3S2/c1-6-8-9-16(7-2)22(19(26)20-5)18(23)14(4)15-11-10-13(3)17(12-15)21-27(24)25/h10-12,14,16H,6-9H2,1-5H3,(H,20,26). The van der Waals surface area contributed by atoms with E-state index in [4.69, 9.17) is 12.2 Å². The summed E-state index contributed by atoms with van der Waals surface area (Å²) in [6.07, 6.45) is 3.77. The summed E-state index contributed by atoms with van der Waals surface area (Å²) in [6, 6.07) is 5.29. The Bertz CT molecular complexity index is 798. The van der Waals surface area contributed by atoms with Gasteiger partial charge in [-0.1, -0.05) is 38.8 Å². The van der Waals surface area contributed by atoms with E-state index in [0.29, 0.717) is 16.4 Å². The molecule has 0 aliphatic carbocycles. The molecule has 0 saturated heterocycles. The summed E-state index contributed by atoms with van der Waals surface area (Å²) in [5, 5.41) is 3.34. The third-order valence-corrected chi connectivity index (χ3v) is 5.42. The molecule has 2 unspecified atom stereocenters. The fraction of sp³-hybridized carbons (Fsp3) is 0.579. The van der Waals surface area contributed by atoms with Crippen LogP contribution in [0.5, 0.6) is 0 Å². The second kappa shape index (κ2) is 11.1. The largest absolute Gasteiger partial charge is 0.365 e. The van der Waals surface area contributed by atoms with Crippen molar-refractivity contribution in [1.29, 1.82) is 0 Å². The van der Waals surface area contributed by atoms with Crippen LogP contribution in [0, 0.1) is 6.92 Å². The molecule has 27 heavy (non-hydrogen) atoms. The highest BCUT2D eigenvalue weighted by molar-refractivity contribution is 7.80. The van der Waals surface area contributed by atoms with Crippen molar-refractivity contribution in [3.63, 3.8) is 0 Å². The van der Waals surface area contributed by atoms with Crippen LogP contribution >= 0.6 is 12.2 Å². The van der Waals surface area contributed by atoms with Crippen molar-refractivity contribution in [2.45, 2.75) is 65.3 Å². The highest BCUT2D eigenvalue weighted by Crippen LogP contribution is 2.27. The van der Waals surface area contributed by atoms with Crippen LogP contribution in [-0.4, -0.2) is 37.4 Å². The fourth-order valence-electron chi connectivity index (χ4n) is 2.95. The molecule has 6 nitrogen and oxygen atoms in total. The monoisotopic (exact) mass is 411 g/mol. The molecule has 0 aliphatic rings. The first-order valence-corrected chi connectivity index (χ1v) is 10.7. The highest BCUT2D eigenvalue weighted by Gasteiger charge is 2.30. The van der Waals surface area contributed by atoms with Crippen LogP contribution in [0.2, 0.25) is 0 Å². The lowest BCUT2D eigenvalue weighted by Gasteiger charge is -2.33. The normalized spacial score (nSPS) is 12.8. The Balaban J connectivity index is 3.25. The van der Waals surface area contributed by atoms with Gasteiger partial charge in [0.15, 0.2) is 5.11 Å². The molecule has 1 N–H and O–H groups in total. The molecule has 1 aromatic rings. The molecule has 0 saturated carbocycles. The van der Waals surface area contributed by atoms with E-state index in [1.165, 1.54) is 0 Å². The Morgan fingerprint density at radius 2 is 2.00 bits per heavy atom. The lowest BCUT2D eigenvalue weighted by Crippen LogP contribution is -2.49. The Morgan fingerprint density at radius 1 is 1.33 bits per heavy atom. The molecule has 0 spiro atoms. The molecule has 1 aromatic carbocycles. The average molecular weight is 412 g/mol.